The summed E-state index contributed by atoms with van der Waals surface area (Å²) >= 11 is 1.54. The Balaban J connectivity index is 1.90. The molecule has 20 heavy (non-hydrogen) atoms. The molecule has 0 aromatic carbocycles. The first-order valence-corrected chi connectivity index (χ1v) is 7.40. The fourth-order valence-electron chi connectivity index (χ4n) is 2.11. The molecule has 1 saturated carbocycles. The minimum atomic E-state index is 0.176. The van der Waals surface area contributed by atoms with E-state index in [1.165, 1.54) is 12.8 Å². The van der Waals surface area contributed by atoms with Crippen LogP contribution < -0.4 is 5.32 Å². The second-order valence-electron chi connectivity index (χ2n) is 5.34. The average Bonchev–Trinajstić information content (AvgIpc) is 2.97. The van der Waals surface area contributed by atoms with Crippen molar-refractivity contribution in [2.24, 2.45) is 0 Å². The van der Waals surface area contributed by atoms with Crippen LogP contribution in [-0.4, -0.2) is 25.5 Å². The molecule has 1 fully saturated rings. The zero-order chi connectivity index (χ0) is 13.6. The predicted octanol–water partition coefficient (Wildman–Crippen LogP) is 3.11. The molecule has 6 heteroatoms. The number of nitrogens with one attached hydrogen (secondary N) is 1. The first-order chi connectivity index (χ1) is 9.73. The molecule has 4 rings (SSSR count). The van der Waals surface area contributed by atoms with Gasteiger partial charge in [0.1, 0.15) is 5.82 Å². The molecular formula is C14H13N5S. The number of aromatic nitrogens is 4. The number of hydrogen-bond donors (Lipinski definition) is 1. The Kier molecular flexibility index (Phi) is 2.47. The third-order valence-corrected chi connectivity index (χ3v) is 4.34. The normalized spacial score (nSPS) is 16.2. The highest BCUT2D eigenvalue weighted by Gasteiger charge is 2.37. The Hall–Kier alpha value is -2.08. The van der Waals surface area contributed by atoms with Crippen molar-refractivity contribution in [1.29, 1.82) is 0 Å². The zero-order valence-electron chi connectivity index (χ0n) is 11.0. The minimum absolute atomic E-state index is 0.176. The van der Waals surface area contributed by atoms with Crippen LogP contribution in [0.25, 0.3) is 21.6 Å². The van der Waals surface area contributed by atoms with Crippen LogP contribution in [0, 0.1) is 0 Å². The van der Waals surface area contributed by atoms with Gasteiger partial charge in [0.05, 0.1) is 22.1 Å². The lowest BCUT2D eigenvalue weighted by atomic mass is 10.2. The quantitative estimate of drug-likeness (QED) is 0.800. The Morgan fingerprint density at radius 1 is 1.20 bits per heavy atom. The molecule has 0 saturated heterocycles. The number of fused-ring (bicyclic) bond motifs is 1. The molecule has 3 heterocycles. The van der Waals surface area contributed by atoms with Crippen LogP contribution in [0.1, 0.15) is 19.8 Å². The standard InChI is InChI=1S/C14H13N5S/c1-14(3-4-14)19-12-9-2-5-15-6-10(9)17-13(18-12)11-7-16-8-20-11/h2,5-8H,3-4H2,1H3,(H,17,18,19). The van der Waals surface area contributed by atoms with Gasteiger partial charge >= 0.3 is 0 Å². The lowest BCUT2D eigenvalue weighted by molar-refractivity contribution is 0.823. The van der Waals surface area contributed by atoms with Gasteiger partial charge in [-0.15, -0.1) is 11.3 Å². The van der Waals surface area contributed by atoms with Crippen LogP contribution in [0.4, 0.5) is 5.82 Å². The van der Waals surface area contributed by atoms with Gasteiger partial charge in [0, 0.05) is 23.3 Å². The zero-order valence-corrected chi connectivity index (χ0v) is 11.8. The smallest absolute Gasteiger partial charge is 0.173 e. The van der Waals surface area contributed by atoms with Gasteiger partial charge in [-0.25, -0.2) is 9.97 Å². The first kappa shape index (κ1) is 11.7. The number of thiazole rings is 1. The van der Waals surface area contributed by atoms with E-state index in [0.717, 1.165) is 21.6 Å². The van der Waals surface area contributed by atoms with Crippen LogP contribution in [0.5, 0.6) is 0 Å². The van der Waals surface area contributed by atoms with Crippen molar-refractivity contribution >= 4 is 28.1 Å². The maximum atomic E-state index is 4.69. The fourth-order valence-corrected chi connectivity index (χ4v) is 2.66. The minimum Gasteiger partial charge on any atom is -0.364 e. The largest absolute Gasteiger partial charge is 0.364 e. The van der Waals surface area contributed by atoms with Crippen molar-refractivity contribution in [2.45, 2.75) is 25.3 Å². The second-order valence-corrected chi connectivity index (χ2v) is 6.23. The van der Waals surface area contributed by atoms with Crippen LogP contribution in [0.15, 0.2) is 30.2 Å². The molecule has 100 valence electrons. The molecule has 5 nitrogen and oxygen atoms in total. The van der Waals surface area contributed by atoms with Crippen LogP contribution in [0.3, 0.4) is 0 Å². The monoisotopic (exact) mass is 283 g/mol. The van der Waals surface area contributed by atoms with E-state index < -0.39 is 0 Å². The molecule has 1 aliphatic rings. The van der Waals surface area contributed by atoms with E-state index in [1.807, 2.05) is 6.07 Å². The topological polar surface area (TPSA) is 63.6 Å². The highest BCUT2D eigenvalue weighted by Crippen LogP contribution is 2.39. The molecule has 0 atom stereocenters. The number of rotatable bonds is 3. The summed E-state index contributed by atoms with van der Waals surface area (Å²) in [5, 5.41) is 4.56. The van der Waals surface area contributed by atoms with Crippen molar-refractivity contribution in [3.63, 3.8) is 0 Å². The van der Waals surface area contributed by atoms with Crippen LogP contribution >= 0.6 is 11.3 Å². The molecular weight excluding hydrogens is 270 g/mol. The lowest BCUT2D eigenvalue weighted by Crippen LogP contribution is -2.17. The molecule has 0 unspecified atom stereocenters. The maximum absolute atomic E-state index is 4.69. The molecule has 0 spiro atoms. The number of hydrogen-bond acceptors (Lipinski definition) is 6. The van der Waals surface area contributed by atoms with Gasteiger partial charge in [-0.05, 0) is 25.8 Å². The molecule has 1 N–H and O–H groups in total. The van der Waals surface area contributed by atoms with Gasteiger partial charge in [0.25, 0.3) is 0 Å². The molecule has 0 amide bonds. The van der Waals surface area contributed by atoms with Gasteiger partial charge in [-0.3, -0.25) is 9.97 Å². The summed E-state index contributed by atoms with van der Waals surface area (Å²) in [6.45, 7) is 2.22. The Labute approximate surface area is 120 Å². The summed E-state index contributed by atoms with van der Waals surface area (Å²) in [6, 6.07) is 1.96. The van der Waals surface area contributed by atoms with Crippen LogP contribution in [0.2, 0.25) is 0 Å². The Bertz CT molecular complexity index is 764. The van der Waals surface area contributed by atoms with Gasteiger partial charge in [0.2, 0.25) is 0 Å². The van der Waals surface area contributed by atoms with E-state index in [9.17, 15) is 0 Å². The van der Waals surface area contributed by atoms with E-state index in [2.05, 4.69) is 32.2 Å². The average molecular weight is 283 g/mol. The summed E-state index contributed by atoms with van der Waals surface area (Å²) < 4.78 is 0. The summed E-state index contributed by atoms with van der Waals surface area (Å²) in [6.07, 6.45) is 7.71. The van der Waals surface area contributed by atoms with E-state index in [-0.39, 0.29) is 5.54 Å². The van der Waals surface area contributed by atoms with Gasteiger partial charge in [0.15, 0.2) is 5.82 Å². The van der Waals surface area contributed by atoms with E-state index in [1.54, 1.807) is 35.4 Å². The third-order valence-electron chi connectivity index (χ3n) is 3.57. The summed E-state index contributed by atoms with van der Waals surface area (Å²) in [5.41, 5.74) is 2.83. The Morgan fingerprint density at radius 3 is 2.85 bits per heavy atom. The number of anilines is 1. The van der Waals surface area contributed by atoms with Gasteiger partial charge < -0.3 is 5.32 Å². The fraction of sp³-hybridized carbons (Fsp3) is 0.286. The van der Waals surface area contributed by atoms with Crippen molar-refractivity contribution < 1.29 is 0 Å². The molecule has 3 aromatic heterocycles. The van der Waals surface area contributed by atoms with Crippen molar-refractivity contribution in [3.05, 3.63) is 30.2 Å². The Morgan fingerprint density at radius 2 is 2.10 bits per heavy atom. The third kappa shape index (κ3) is 2.02. The summed E-state index contributed by atoms with van der Waals surface area (Å²) in [7, 11) is 0. The predicted molar refractivity (Wildman–Crippen MR) is 79.7 cm³/mol. The van der Waals surface area contributed by atoms with Gasteiger partial charge in [-0.1, -0.05) is 0 Å². The van der Waals surface area contributed by atoms with Crippen molar-refractivity contribution in [2.75, 3.05) is 5.32 Å². The van der Waals surface area contributed by atoms with Crippen LogP contribution in [-0.2, 0) is 0 Å². The lowest BCUT2D eigenvalue weighted by Gasteiger charge is -2.14. The highest BCUT2D eigenvalue weighted by atomic mass is 32.1. The van der Waals surface area contributed by atoms with E-state index in [0.29, 0.717) is 5.82 Å². The first-order valence-electron chi connectivity index (χ1n) is 6.52. The molecule has 0 radical (unpaired) electrons. The van der Waals surface area contributed by atoms with Crippen molar-refractivity contribution in [1.82, 2.24) is 19.9 Å². The molecule has 3 aromatic rings. The molecule has 1 aliphatic carbocycles. The maximum Gasteiger partial charge on any atom is 0.173 e. The van der Waals surface area contributed by atoms with E-state index >= 15 is 0 Å². The van der Waals surface area contributed by atoms with Crippen molar-refractivity contribution in [3.8, 4) is 10.7 Å². The SMILES string of the molecule is CC1(Nc2nc(-c3cncs3)nc3cnccc23)CC1. The number of pyridine rings is 1. The molecule has 0 bridgehead atoms. The summed E-state index contributed by atoms with van der Waals surface area (Å²) in [5.74, 6) is 1.60. The number of nitrogens with zero attached hydrogens (tertiary/aromatic N) is 4. The summed E-state index contributed by atoms with van der Waals surface area (Å²) in [4.78, 5) is 18.5. The highest BCUT2D eigenvalue weighted by molar-refractivity contribution is 7.13. The van der Waals surface area contributed by atoms with Gasteiger partial charge in [-0.2, -0.15) is 0 Å². The second kappa shape index (κ2) is 4.21. The molecule has 0 aliphatic heterocycles. The van der Waals surface area contributed by atoms with E-state index in [4.69, 9.17) is 0 Å².